The molecule has 0 saturated heterocycles. The number of aromatic nitrogens is 4. The lowest BCUT2D eigenvalue weighted by atomic mass is 10.1. The van der Waals surface area contributed by atoms with E-state index in [9.17, 15) is 4.79 Å². The number of nitrogens with two attached hydrogens (primary N) is 1. The predicted octanol–water partition coefficient (Wildman–Crippen LogP) is 3.54. The molecular formula is C22H21N7O. The molecule has 4 aromatic rings. The molecule has 2 heterocycles. The van der Waals surface area contributed by atoms with Gasteiger partial charge in [0.25, 0.3) is 0 Å². The molecule has 2 aromatic carbocycles. The van der Waals surface area contributed by atoms with E-state index in [-0.39, 0.29) is 0 Å². The molecule has 150 valence electrons. The number of hydrogen-bond acceptors (Lipinski definition) is 6. The molecule has 0 radical (unpaired) electrons. The molecule has 0 bridgehead atoms. The smallest absolute Gasteiger partial charge is 0.248 e. The van der Waals surface area contributed by atoms with Crippen LogP contribution in [0.5, 0.6) is 0 Å². The van der Waals surface area contributed by atoms with E-state index in [0.717, 1.165) is 35.2 Å². The maximum Gasteiger partial charge on any atom is 0.248 e. The first-order chi connectivity index (χ1) is 14.6. The second-order valence-corrected chi connectivity index (χ2v) is 7.46. The molecule has 4 N–H and O–H groups in total. The van der Waals surface area contributed by atoms with Crippen molar-refractivity contribution < 1.29 is 4.79 Å². The van der Waals surface area contributed by atoms with Crippen LogP contribution in [0.1, 0.15) is 28.8 Å². The van der Waals surface area contributed by atoms with Gasteiger partial charge >= 0.3 is 0 Å². The van der Waals surface area contributed by atoms with E-state index in [0.29, 0.717) is 29.0 Å². The van der Waals surface area contributed by atoms with Crippen LogP contribution >= 0.6 is 0 Å². The number of aryl methyl sites for hydroxylation is 1. The van der Waals surface area contributed by atoms with E-state index in [1.807, 2.05) is 43.3 Å². The summed E-state index contributed by atoms with van der Waals surface area (Å²) in [6.07, 6.45) is 3.97. The summed E-state index contributed by atoms with van der Waals surface area (Å²) >= 11 is 0. The number of fused-ring (bicyclic) bond motifs is 1. The van der Waals surface area contributed by atoms with Crippen LogP contribution in [-0.4, -0.2) is 31.7 Å². The van der Waals surface area contributed by atoms with Crippen molar-refractivity contribution in [2.24, 2.45) is 5.73 Å². The van der Waals surface area contributed by atoms with Crippen molar-refractivity contribution in [1.82, 2.24) is 19.7 Å². The molecule has 8 heteroatoms. The number of nitrogens with one attached hydrogen (secondary N) is 2. The third-order valence-electron chi connectivity index (χ3n) is 5.11. The fourth-order valence-electron chi connectivity index (χ4n) is 3.27. The second kappa shape index (κ2) is 7.14. The van der Waals surface area contributed by atoms with E-state index < -0.39 is 5.91 Å². The van der Waals surface area contributed by atoms with E-state index in [1.54, 1.807) is 23.0 Å². The molecule has 2 aromatic heterocycles. The van der Waals surface area contributed by atoms with Crippen LogP contribution in [0.3, 0.4) is 0 Å². The Morgan fingerprint density at radius 3 is 2.67 bits per heavy atom. The van der Waals surface area contributed by atoms with Crippen LogP contribution in [0.2, 0.25) is 0 Å². The maximum atomic E-state index is 11.6. The van der Waals surface area contributed by atoms with E-state index in [4.69, 9.17) is 15.7 Å². The van der Waals surface area contributed by atoms with E-state index >= 15 is 0 Å². The van der Waals surface area contributed by atoms with Crippen LogP contribution in [0.4, 0.5) is 17.5 Å². The molecule has 1 aliphatic carbocycles. The van der Waals surface area contributed by atoms with Crippen LogP contribution in [0, 0.1) is 6.92 Å². The molecule has 0 unspecified atom stereocenters. The summed E-state index contributed by atoms with van der Waals surface area (Å²) in [6.45, 7) is 1.96. The summed E-state index contributed by atoms with van der Waals surface area (Å²) in [7, 11) is 0. The zero-order chi connectivity index (χ0) is 20.7. The van der Waals surface area contributed by atoms with Crippen molar-refractivity contribution in [3.05, 3.63) is 65.9 Å². The molecule has 0 spiro atoms. The molecule has 0 atom stereocenters. The third kappa shape index (κ3) is 3.43. The van der Waals surface area contributed by atoms with Crippen molar-refractivity contribution in [2.45, 2.75) is 25.8 Å². The van der Waals surface area contributed by atoms with Crippen molar-refractivity contribution in [2.75, 3.05) is 10.6 Å². The summed E-state index contributed by atoms with van der Waals surface area (Å²) in [6, 6.07) is 15.6. The minimum absolute atomic E-state index is 0.406. The lowest BCUT2D eigenvalue weighted by Crippen LogP contribution is -2.12. The molecule has 1 aliphatic rings. The van der Waals surface area contributed by atoms with Gasteiger partial charge in [0.1, 0.15) is 5.82 Å². The van der Waals surface area contributed by atoms with Gasteiger partial charge in [-0.25, -0.2) is 4.68 Å². The SMILES string of the molecule is Cc1ccc(C(N)=O)cc1Nc1nc(NC2CC2)nc2c1cnn2-c1ccccc1. The Balaban J connectivity index is 1.63. The van der Waals surface area contributed by atoms with Crippen LogP contribution in [0.25, 0.3) is 16.7 Å². The Hall–Kier alpha value is -3.94. The lowest BCUT2D eigenvalue weighted by molar-refractivity contribution is 0.100. The highest BCUT2D eigenvalue weighted by atomic mass is 16.1. The number of amides is 1. The fourth-order valence-corrected chi connectivity index (χ4v) is 3.27. The summed E-state index contributed by atoms with van der Waals surface area (Å²) in [4.78, 5) is 21.0. The van der Waals surface area contributed by atoms with Crippen molar-refractivity contribution in [3.63, 3.8) is 0 Å². The van der Waals surface area contributed by atoms with Crippen LogP contribution in [0.15, 0.2) is 54.7 Å². The van der Waals surface area contributed by atoms with Crippen LogP contribution < -0.4 is 16.4 Å². The maximum absolute atomic E-state index is 11.6. The van der Waals surface area contributed by atoms with Gasteiger partial charge < -0.3 is 16.4 Å². The van der Waals surface area contributed by atoms with Crippen LogP contribution in [-0.2, 0) is 0 Å². The average Bonchev–Trinajstić information content (AvgIpc) is 3.45. The molecule has 30 heavy (non-hydrogen) atoms. The topological polar surface area (TPSA) is 111 Å². The third-order valence-corrected chi connectivity index (χ3v) is 5.11. The second-order valence-electron chi connectivity index (χ2n) is 7.46. The summed E-state index contributed by atoms with van der Waals surface area (Å²) in [5.41, 5.74) is 9.24. The molecule has 1 saturated carbocycles. The van der Waals surface area contributed by atoms with E-state index in [1.165, 1.54) is 0 Å². The number of rotatable bonds is 6. The van der Waals surface area contributed by atoms with Gasteiger partial charge in [0.15, 0.2) is 5.65 Å². The van der Waals surface area contributed by atoms with Gasteiger partial charge in [-0.1, -0.05) is 24.3 Å². The minimum atomic E-state index is -0.473. The first-order valence-electron chi connectivity index (χ1n) is 9.84. The van der Waals surface area contributed by atoms with Gasteiger partial charge in [0.2, 0.25) is 11.9 Å². The summed E-state index contributed by atoms with van der Waals surface area (Å²) < 4.78 is 1.80. The largest absolute Gasteiger partial charge is 0.366 e. The molecule has 5 rings (SSSR count). The number of primary amides is 1. The molecule has 8 nitrogen and oxygen atoms in total. The zero-order valence-electron chi connectivity index (χ0n) is 16.5. The lowest BCUT2D eigenvalue weighted by Gasteiger charge is -2.13. The van der Waals surface area contributed by atoms with Crippen molar-refractivity contribution in [1.29, 1.82) is 0 Å². The predicted molar refractivity (Wildman–Crippen MR) is 116 cm³/mol. The summed E-state index contributed by atoms with van der Waals surface area (Å²) in [5.74, 6) is 0.697. The zero-order valence-corrected chi connectivity index (χ0v) is 16.5. The van der Waals surface area contributed by atoms with Gasteiger partial charge in [0, 0.05) is 17.3 Å². The van der Waals surface area contributed by atoms with E-state index in [2.05, 4.69) is 15.7 Å². The Bertz CT molecular complexity index is 1250. The number of hydrogen-bond donors (Lipinski definition) is 3. The Morgan fingerprint density at radius 1 is 1.13 bits per heavy atom. The quantitative estimate of drug-likeness (QED) is 0.457. The first-order valence-corrected chi connectivity index (χ1v) is 9.84. The number of benzene rings is 2. The van der Waals surface area contributed by atoms with Gasteiger partial charge in [-0.15, -0.1) is 0 Å². The molecule has 1 amide bonds. The number of anilines is 3. The standard InChI is InChI=1S/C22H21N7O/c1-13-7-8-14(19(23)30)11-18(13)26-20-17-12-24-29(16-5-3-2-4-6-16)21(17)28-22(27-20)25-15-9-10-15/h2-8,11-12,15H,9-10H2,1H3,(H2,23,30)(H2,25,26,27,28). The first kappa shape index (κ1) is 18.1. The number of carbonyl (C=O) groups is 1. The van der Waals surface area contributed by atoms with Gasteiger partial charge in [-0.05, 0) is 49.6 Å². The van der Waals surface area contributed by atoms with Crippen molar-refractivity contribution >= 4 is 34.4 Å². The minimum Gasteiger partial charge on any atom is -0.366 e. The average molecular weight is 399 g/mol. The highest BCUT2D eigenvalue weighted by molar-refractivity contribution is 5.95. The van der Waals surface area contributed by atoms with Gasteiger partial charge in [0.05, 0.1) is 17.3 Å². The monoisotopic (exact) mass is 399 g/mol. The number of nitrogens with zero attached hydrogens (tertiary/aromatic N) is 4. The molecule has 1 fully saturated rings. The van der Waals surface area contributed by atoms with Gasteiger partial charge in [-0.3, -0.25) is 4.79 Å². The number of carbonyl (C=O) groups excluding carboxylic acids is 1. The van der Waals surface area contributed by atoms with Crippen molar-refractivity contribution in [3.8, 4) is 5.69 Å². The fraction of sp³-hybridized carbons (Fsp3) is 0.182. The number of para-hydroxylation sites is 1. The highest BCUT2D eigenvalue weighted by Crippen LogP contribution is 2.30. The Labute approximate surface area is 173 Å². The summed E-state index contributed by atoms with van der Waals surface area (Å²) in [5, 5.41) is 12.1. The normalized spacial score (nSPS) is 13.4. The highest BCUT2D eigenvalue weighted by Gasteiger charge is 2.23. The molecular weight excluding hydrogens is 378 g/mol. The Kier molecular flexibility index (Phi) is 4.31. The Morgan fingerprint density at radius 2 is 1.93 bits per heavy atom. The molecule has 0 aliphatic heterocycles. The van der Waals surface area contributed by atoms with Gasteiger partial charge in [-0.2, -0.15) is 15.1 Å².